The minimum atomic E-state index is 0.316. The van der Waals surface area contributed by atoms with Crippen LogP contribution < -0.4 is 5.32 Å². The van der Waals surface area contributed by atoms with Crippen molar-refractivity contribution in [3.63, 3.8) is 0 Å². The van der Waals surface area contributed by atoms with E-state index >= 15 is 0 Å². The maximum Gasteiger partial charge on any atom is 0.147 e. The van der Waals surface area contributed by atoms with Gasteiger partial charge in [0.1, 0.15) is 16.7 Å². The monoisotopic (exact) mass is 277 g/mol. The summed E-state index contributed by atoms with van der Waals surface area (Å²) in [6.45, 7) is 4.01. The molecular formula is C13H19N5S. The quantitative estimate of drug-likeness (QED) is 0.911. The van der Waals surface area contributed by atoms with Crippen molar-refractivity contribution < 1.29 is 0 Å². The molecular weight excluding hydrogens is 258 g/mol. The fourth-order valence-corrected chi connectivity index (χ4v) is 3.32. The van der Waals surface area contributed by atoms with Gasteiger partial charge in [0, 0.05) is 24.5 Å². The van der Waals surface area contributed by atoms with Crippen molar-refractivity contribution in [1.82, 2.24) is 25.1 Å². The average Bonchev–Trinajstić information content (AvgIpc) is 3.09. The lowest BCUT2D eigenvalue weighted by Crippen LogP contribution is -2.23. The molecule has 2 aromatic rings. The van der Waals surface area contributed by atoms with Crippen LogP contribution in [0.5, 0.6) is 0 Å². The van der Waals surface area contributed by atoms with Crippen molar-refractivity contribution in [2.75, 3.05) is 0 Å². The van der Waals surface area contributed by atoms with Crippen LogP contribution >= 0.6 is 11.3 Å². The molecule has 0 radical (unpaired) electrons. The van der Waals surface area contributed by atoms with Crippen LogP contribution in [0.25, 0.3) is 0 Å². The van der Waals surface area contributed by atoms with Crippen LogP contribution in [0.2, 0.25) is 0 Å². The largest absolute Gasteiger partial charge is 0.314 e. The number of hydrogen-bond acceptors (Lipinski definition) is 5. The number of aryl methyl sites for hydroxylation is 1. The van der Waals surface area contributed by atoms with Gasteiger partial charge < -0.3 is 9.88 Å². The van der Waals surface area contributed by atoms with Crippen molar-refractivity contribution in [2.24, 2.45) is 0 Å². The minimum Gasteiger partial charge on any atom is -0.314 e. The second-order valence-electron chi connectivity index (χ2n) is 4.85. The van der Waals surface area contributed by atoms with Crippen LogP contribution in [0, 0.1) is 0 Å². The summed E-state index contributed by atoms with van der Waals surface area (Å²) in [6.07, 6.45) is 6.44. The molecule has 5 nitrogen and oxygen atoms in total. The van der Waals surface area contributed by atoms with Crippen LogP contribution in [0.3, 0.4) is 0 Å². The summed E-state index contributed by atoms with van der Waals surface area (Å²) in [5.74, 6) is 2.20. The molecule has 0 saturated heterocycles. The van der Waals surface area contributed by atoms with Gasteiger partial charge in [0.15, 0.2) is 0 Å². The van der Waals surface area contributed by atoms with Gasteiger partial charge in [0.05, 0.1) is 12.6 Å². The highest BCUT2D eigenvalue weighted by molar-refractivity contribution is 7.09. The Morgan fingerprint density at radius 3 is 3.16 bits per heavy atom. The molecule has 0 amide bonds. The molecule has 0 spiro atoms. The Balaban J connectivity index is 1.67. The Bertz CT molecular complexity index is 519. The molecule has 3 rings (SSSR count). The van der Waals surface area contributed by atoms with Crippen molar-refractivity contribution in [1.29, 1.82) is 0 Å². The second kappa shape index (κ2) is 5.79. The van der Waals surface area contributed by atoms with Crippen molar-refractivity contribution in [2.45, 2.75) is 51.7 Å². The van der Waals surface area contributed by atoms with Crippen LogP contribution in [-0.2, 0) is 19.5 Å². The normalized spacial score (nSPS) is 16.3. The summed E-state index contributed by atoms with van der Waals surface area (Å²) in [5, 5.41) is 15.3. The highest BCUT2D eigenvalue weighted by atomic mass is 32.1. The van der Waals surface area contributed by atoms with Gasteiger partial charge in [-0.15, -0.1) is 21.5 Å². The summed E-state index contributed by atoms with van der Waals surface area (Å²) in [5.41, 5.74) is 0. The summed E-state index contributed by atoms with van der Waals surface area (Å²) < 4.78 is 2.27. The molecule has 1 aliphatic heterocycles. The number of nitrogens with one attached hydrogen (secondary N) is 1. The maximum absolute atomic E-state index is 4.39. The Morgan fingerprint density at radius 1 is 1.42 bits per heavy atom. The zero-order chi connectivity index (χ0) is 13.1. The van der Waals surface area contributed by atoms with E-state index in [0.717, 1.165) is 42.6 Å². The predicted octanol–water partition coefficient (Wildman–Crippen LogP) is 2.31. The van der Waals surface area contributed by atoms with Gasteiger partial charge in [-0.05, 0) is 19.3 Å². The molecule has 0 bridgehead atoms. The molecule has 0 fully saturated rings. The summed E-state index contributed by atoms with van der Waals surface area (Å²) in [6, 6.07) is 0.316. The average molecular weight is 277 g/mol. The van der Waals surface area contributed by atoms with E-state index in [9.17, 15) is 0 Å². The van der Waals surface area contributed by atoms with Gasteiger partial charge in [-0.25, -0.2) is 4.98 Å². The van der Waals surface area contributed by atoms with E-state index < -0.39 is 0 Å². The lowest BCUT2D eigenvalue weighted by atomic mass is 10.1. The zero-order valence-electron chi connectivity index (χ0n) is 11.2. The van der Waals surface area contributed by atoms with Crippen LogP contribution in [0.15, 0.2) is 11.6 Å². The third kappa shape index (κ3) is 2.69. The maximum atomic E-state index is 4.39. The van der Waals surface area contributed by atoms with E-state index in [4.69, 9.17) is 0 Å². The van der Waals surface area contributed by atoms with E-state index in [1.165, 1.54) is 12.8 Å². The standard InChI is InChI=1S/C13H19N5S/c1-2-10(13-14-6-8-19-13)15-9-12-17-16-11-5-3-4-7-18(11)12/h6,8,10,15H,2-5,7,9H2,1H3. The molecule has 0 aliphatic carbocycles. The first-order valence-electron chi connectivity index (χ1n) is 6.92. The van der Waals surface area contributed by atoms with Gasteiger partial charge in [-0.2, -0.15) is 0 Å². The van der Waals surface area contributed by atoms with E-state index in [1.54, 1.807) is 11.3 Å². The van der Waals surface area contributed by atoms with Crippen molar-refractivity contribution >= 4 is 11.3 Å². The van der Waals surface area contributed by atoms with Crippen molar-refractivity contribution in [3.05, 3.63) is 28.2 Å². The topological polar surface area (TPSA) is 55.6 Å². The number of rotatable bonds is 5. The molecule has 1 N–H and O–H groups in total. The van der Waals surface area contributed by atoms with Gasteiger partial charge in [-0.1, -0.05) is 6.92 Å². The summed E-state index contributed by atoms with van der Waals surface area (Å²) in [7, 11) is 0. The Hall–Kier alpha value is -1.27. The zero-order valence-corrected chi connectivity index (χ0v) is 12.0. The van der Waals surface area contributed by atoms with Gasteiger partial charge in [-0.3, -0.25) is 0 Å². The van der Waals surface area contributed by atoms with Gasteiger partial charge in [0.2, 0.25) is 0 Å². The first-order chi connectivity index (χ1) is 9.38. The number of fused-ring (bicyclic) bond motifs is 1. The molecule has 2 aromatic heterocycles. The minimum absolute atomic E-state index is 0.316. The third-order valence-electron chi connectivity index (χ3n) is 3.60. The second-order valence-corrected chi connectivity index (χ2v) is 5.78. The molecule has 0 aromatic carbocycles. The molecule has 1 unspecified atom stereocenters. The highest BCUT2D eigenvalue weighted by Crippen LogP contribution is 2.20. The summed E-state index contributed by atoms with van der Waals surface area (Å²) >= 11 is 1.71. The molecule has 102 valence electrons. The predicted molar refractivity (Wildman–Crippen MR) is 74.9 cm³/mol. The number of hydrogen-bond donors (Lipinski definition) is 1. The van der Waals surface area contributed by atoms with Crippen LogP contribution in [0.4, 0.5) is 0 Å². The molecule has 1 aliphatic rings. The number of nitrogens with zero attached hydrogens (tertiary/aromatic N) is 4. The highest BCUT2D eigenvalue weighted by Gasteiger charge is 2.17. The van der Waals surface area contributed by atoms with Crippen molar-refractivity contribution in [3.8, 4) is 0 Å². The first kappa shape index (κ1) is 12.7. The molecule has 19 heavy (non-hydrogen) atoms. The van der Waals surface area contributed by atoms with Gasteiger partial charge in [0.25, 0.3) is 0 Å². The lowest BCUT2D eigenvalue weighted by molar-refractivity contribution is 0.467. The fraction of sp³-hybridized carbons (Fsp3) is 0.615. The van der Waals surface area contributed by atoms with Crippen LogP contribution in [0.1, 0.15) is 48.9 Å². The molecule has 3 heterocycles. The Labute approximate surface area is 117 Å². The number of thiazole rings is 1. The van der Waals surface area contributed by atoms with E-state index in [1.807, 2.05) is 11.6 Å². The van der Waals surface area contributed by atoms with Gasteiger partial charge >= 0.3 is 0 Å². The third-order valence-corrected chi connectivity index (χ3v) is 4.49. The van der Waals surface area contributed by atoms with E-state index in [2.05, 4.69) is 32.0 Å². The SMILES string of the molecule is CCC(NCc1nnc2n1CCCC2)c1nccs1. The fourth-order valence-electron chi connectivity index (χ4n) is 2.53. The Morgan fingerprint density at radius 2 is 2.37 bits per heavy atom. The first-order valence-corrected chi connectivity index (χ1v) is 7.80. The lowest BCUT2D eigenvalue weighted by Gasteiger charge is -2.17. The molecule has 0 saturated carbocycles. The molecule has 1 atom stereocenters. The summed E-state index contributed by atoms with van der Waals surface area (Å²) in [4.78, 5) is 4.39. The van der Waals surface area contributed by atoms with E-state index in [-0.39, 0.29) is 0 Å². The number of aromatic nitrogens is 4. The smallest absolute Gasteiger partial charge is 0.147 e. The van der Waals surface area contributed by atoms with Crippen LogP contribution in [-0.4, -0.2) is 19.7 Å². The Kier molecular flexibility index (Phi) is 3.89. The molecule has 6 heteroatoms. The van der Waals surface area contributed by atoms with E-state index in [0.29, 0.717) is 6.04 Å².